The van der Waals surface area contributed by atoms with Gasteiger partial charge >= 0.3 is 0 Å². The lowest BCUT2D eigenvalue weighted by Crippen LogP contribution is -2.13. The highest BCUT2D eigenvalue weighted by Crippen LogP contribution is 2.18. The monoisotopic (exact) mass is 305 g/mol. The average Bonchev–Trinajstić information content (AvgIpc) is 2.38. The topological polar surface area (TPSA) is 49.3 Å². The van der Waals surface area contributed by atoms with Gasteiger partial charge in [0.15, 0.2) is 0 Å². The van der Waals surface area contributed by atoms with Crippen molar-refractivity contribution in [1.29, 1.82) is 0 Å². The number of rotatable bonds is 3. The van der Waals surface area contributed by atoms with Crippen LogP contribution in [0.25, 0.3) is 0 Å². The molecule has 0 radical (unpaired) electrons. The Morgan fingerprint density at radius 3 is 2.67 bits per heavy atom. The van der Waals surface area contributed by atoms with Crippen LogP contribution in [0.3, 0.4) is 0 Å². The van der Waals surface area contributed by atoms with E-state index in [1.165, 1.54) is 6.07 Å². The lowest BCUT2D eigenvalue weighted by molar-refractivity contribution is 0.102. The van der Waals surface area contributed by atoms with Crippen molar-refractivity contribution in [2.75, 3.05) is 5.32 Å². The number of nitrogens with one attached hydrogen (secondary N) is 1. The van der Waals surface area contributed by atoms with Crippen LogP contribution in [-0.4, -0.2) is 11.0 Å². The molecule has 3 nitrogen and oxygen atoms in total. The summed E-state index contributed by atoms with van der Waals surface area (Å²) in [5.74, 6) is -0.0581. The van der Waals surface area contributed by atoms with E-state index in [1.807, 2.05) is 18.2 Å². The Labute approximate surface area is 114 Å². The number of anilines is 1. The van der Waals surface area contributed by atoms with Gasteiger partial charge in [0.25, 0.3) is 5.91 Å². The highest BCUT2D eigenvalue weighted by Gasteiger charge is 2.10. The molecule has 92 valence electrons. The van der Waals surface area contributed by atoms with Crippen molar-refractivity contribution in [3.63, 3.8) is 0 Å². The predicted molar refractivity (Wildman–Crippen MR) is 75.1 cm³/mol. The van der Waals surface area contributed by atoms with Crippen LogP contribution >= 0.6 is 15.9 Å². The van der Waals surface area contributed by atoms with E-state index in [1.54, 1.807) is 24.3 Å². The third-order valence-electron chi connectivity index (χ3n) is 2.51. The van der Waals surface area contributed by atoms with Gasteiger partial charge in [0.2, 0.25) is 0 Å². The normalized spacial score (nSPS) is 10.1. The molecule has 0 unspecified atom stereocenters. The zero-order valence-electron chi connectivity index (χ0n) is 9.56. The van der Waals surface area contributed by atoms with Crippen molar-refractivity contribution in [2.45, 2.75) is 5.33 Å². The minimum absolute atomic E-state index is 0.126. The van der Waals surface area contributed by atoms with Gasteiger partial charge in [0.1, 0.15) is 5.75 Å². The van der Waals surface area contributed by atoms with E-state index in [2.05, 4.69) is 21.2 Å². The maximum atomic E-state index is 12.1. The Bertz CT molecular complexity index is 569. The number of aromatic hydroxyl groups is 1. The van der Waals surface area contributed by atoms with E-state index in [9.17, 15) is 9.90 Å². The van der Waals surface area contributed by atoms with Gasteiger partial charge < -0.3 is 10.4 Å². The summed E-state index contributed by atoms with van der Waals surface area (Å²) in [6.07, 6.45) is 0. The number of phenolic OH excluding ortho intramolecular Hbond substituents is 1. The maximum absolute atomic E-state index is 12.1. The van der Waals surface area contributed by atoms with Crippen molar-refractivity contribution in [3.05, 3.63) is 59.7 Å². The number of hydrogen-bond donors (Lipinski definition) is 2. The van der Waals surface area contributed by atoms with Gasteiger partial charge in [0.05, 0.1) is 0 Å². The fraction of sp³-hybridized carbons (Fsp3) is 0.0714. The van der Waals surface area contributed by atoms with Gasteiger partial charge in [-0.3, -0.25) is 4.79 Å². The number of alkyl halides is 1. The first-order valence-corrected chi connectivity index (χ1v) is 6.57. The number of benzene rings is 2. The molecule has 4 heteroatoms. The molecule has 18 heavy (non-hydrogen) atoms. The number of halogens is 1. The van der Waals surface area contributed by atoms with E-state index in [-0.39, 0.29) is 11.7 Å². The van der Waals surface area contributed by atoms with Gasteiger partial charge in [-0.25, -0.2) is 0 Å². The number of carbonyl (C=O) groups is 1. The smallest absolute Gasteiger partial charge is 0.255 e. The van der Waals surface area contributed by atoms with Gasteiger partial charge in [-0.1, -0.05) is 40.2 Å². The van der Waals surface area contributed by atoms with Crippen LogP contribution in [0.15, 0.2) is 48.5 Å². The van der Waals surface area contributed by atoms with Crippen LogP contribution in [-0.2, 0) is 5.33 Å². The highest BCUT2D eigenvalue weighted by atomic mass is 79.9. The minimum Gasteiger partial charge on any atom is -0.508 e. The first-order valence-electron chi connectivity index (χ1n) is 5.45. The minimum atomic E-state index is -0.185. The summed E-state index contributed by atoms with van der Waals surface area (Å²) in [4.78, 5) is 12.1. The Balaban J connectivity index is 2.22. The zero-order valence-corrected chi connectivity index (χ0v) is 11.1. The van der Waals surface area contributed by atoms with Gasteiger partial charge in [-0.2, -0.15) is 0 Å². The van der Waals surface area contributed by atoms with Crippen LogP contribution in [0.2, 0.25) is 0 Å². The molecule has 0 saturated carbocycles. The summed E-state index contributed by atoms with van der Waals surface area (Å²) in [6, 6.07) is 13.9. The molecular weight excluding hydrogens is 294 g/mol. The standard InChI is InChI=1S/C14H12BrNO2/c15-9-10-4-1-2-7-13(10)14(18)16-11-5-3-6-12(17)8-11/h1-8,17H,9H2,(H,16,18). The molecule has 1 amide bonds. The van der Waals surface area contributed by atoms with E-state index < -0.39 is 0 Å². The second kappa shape index (κ2) is 5.69. The second-order valence-corrected chi connectivity index (χ2v) is 4.36. The molecule has 0 bridgehead atoms. The third kappa shape index (κ3) is 2.90. The van der Waals surface area contributed by atoms with Gasteiger partial charge in [0, 0.05) is 22.6 Å². The Morgan fingerprint density at radius 1 is 1.17 bits per heavy atom. The summed E-state index contributed by atoms with van der Waals surface area (Å²) in [5.41, 5.74) is 2.12. The molecule has 2 aromatic carbocycles. The number of carbonyl (C=O) groups excluding carboxylic acids is 1. The first kappa shape index (κ1) is 12.6. The van der Waals surface area contributed by atoms with Crippen LogP contribution in [0.4, 0.5) is 5.69 Å². The molecule has 0 aliphatic heterocycles. The second-order valence-electron chi connectivity index (χ2n) is 3.80. The molecule has 0 fully saturated rings. The van der Waals surface area contributed by atoms with E-state index >= 15 is 0 Å². The summed E-state index contributed by atoms with van der Waals surface area (Å²) in [6.45, 7) is 0. The molecule has 2 rings (SSSR count). The zero-order chi connectivity index (χ0) is 13.0. The van der Waals surface area contributed by atoms with Crippen LogP contribution < -0.4 is 5.32 Å². The Kier molecular flexibility index (Phi) is 3.99. The van der Waals surface area contributed by atoms with E-state index in [4.69, 9.17) is 0 Å². The van der Waals surface area contributed by atoms with Crippen LogP contribution in [0.1, 0.15) is 15.9 Å². The van der Waals surface area contributed by atoms with Crippen LogP contribution in [0, 0.1) is 0 Å². The third-order valence-corrected chi connectivity index (χ3v) is 3.11. The maximum Gasteiger partial charge on any atom is 0.255 e. The summed E-state index contributed by atoms with van der Waals surface area (Å²) in [7, 11) is 0. The molecule has 2 aromatic rings. The molecule has 0 spiro atoms. The number of hydrogen-bond acceptors (Lipinski definition) is 2. The fourth-order valence-corrected chi connectivity index (χ4v) is 2.13. The highest BCUT2D eigenvalue weighted by molar-refractivity contribution is 9.08. The predicted octanol–water partition coefficient (Wildman–Crippen LogP) is 3.54. The van der Waals surface area contributed by atoms with E-state index in [0.717, 1.165) is 5.56 Å². The molecule has 0 aliphatic rings. The van der Waals surface area contributed by atoms with E-state index in [0.29, 0.717) is 16.6 Å². The first-order chi connectivity index (χ1) is 8.70. The summed E-state index contributed by atoms with van der Waals surface area (Å²) in [5, 5.41) is 12.7. The fourth-order valence-electron chi connectivity index (χ4n) is 1.64. The largest absolute Gasteiger partial charge is 0.508 e. The van der Waals surface area contributed by atoms with Gasteiger partial charge in [-0.15, -0.1) is 0 Å². The molecule has 0 aromatic heterocycles. The Hall–Kier alpha value is -1.81. The van der Waals surface area contributed by atoms with Crippen LogP contribution in [0.5, 0.6) is 5.75 Å². The lowest BCUT2D eigenvalue weighted by atomic mass is 10.1. The van der Waals surface area contributed by atoms with Crippen molar-refractivity contribution < 1.29 is 9.90 Å². The molecule has 0 aliphatic carbocycles. The number of amides is 1. The summed E-state index contributed by atoms with van der Waals surface area (Å²) < 4.78 is 0. The van der Waals surface area contributed by atoms with Crippen molar-refractivity contribution in [3.8, 4) is 5.75 Å². The summed E-state index contributed by atoms with van der Waals surface area (Å²) >= 11 is 3.35. The van der Waals surface area contributed by atoms with Crippen molar-refractivity contribution in [1.82, 2.24) is 0 Å². The number of phenols is 1. The Morgan fingerprint density at radius 2 is 1.94 bits per heavy atom. The van der Waals surface area contributed by atoms with Crippen molar-refractivity contribution in [2.24, 2.45) is 0 Å². The molecule has 0 atom stereocenters. The molecule has 0 saturated heterocycles. The average molecular weight is 306 g/mol. The van der Waals surface area contributed by atoms with Crippen molar-refractivity contribution >= 4 is 27.5 Å². The SMILES string of the molecule is O=C(Nc1cccc(O)c1)c1ccccc1CBr. The molecule has 0 heterocycles. The molecular formula is C14H12BrNO2. The quantitative estimate of drug-likeness (QED) is 0.852. The van der Waals surface area contributed by atoms with Gasteiger partial charge in [-0.05, 0) is 23.8 Å². The molecule has 2 N–H and O–H groups in total. The lowest BCUT2D eigenvalue weighted by Gasteiger charge is -2.08.